The molecule has 0 aliphatic rings. The molecule has 0 bridgehead atoms. The molecule has 0 aromatic heterocycles. The number of aromatic hydroxyl groups is 1. The summed E-state index contributed by atoms with van der Waals surface area (Å²) >= 11 is 5.74. The van der Waals surface area contributed by atoms with Gasteiger partial charge < -0.3 is 15.2 Å². The molecule has 0 heterocycles. The van der Waals surface area contributed by atoms with Crippen molar-refractivity contribution < 1.29 is 14.6 Å². The topological polar surface area (TPSA) is 58.6 Å². The van der Waals surface area contributed by atoms with Crippen LogP contribution < -0.4 is 10.1 Å². The summed E-state index contributed by atoms with van der Waals surface area (Å²) in [7, 11) is 0. The average molecular weight is 278 g/mol. The van der Waals surface area contributed by atoms with E-state index >= 15 is 0 Å². The predicted molar refractivity (Wildman–Crippen MR) is 73.7 cm³/mol. The van der Waals surface area contributed by atoms with Gasteiger partial charge in [-0.15, -0.1) is 0 Å². The molecule has 4 nitrogen and oxygen atoms in total. The Balaban J connectivity index is 1.86. The fourth-order valence-corrected chi connectivity index (χ4v) is 1.59. The van der Waals surface area contributed by atoms with Crippen LogP contribution in [0.5, 0.6) is 11.5 Å². The highest BCUT2D eigenvalue weighted by molar-refractivity contribution is 6.30. The molecule has 1 amide bonds. The molecule has 0 aliphatic carbocycles. The van der Waals surface area contributed by atoms with E-state index in [-0.39, 0.29) is 18.3 Å². The lowest BCUT2D eigenvalue weighted by molar-refractivity contribution is -0.118. The number of phenols is 1. The molecule has 0 aliphatic heterocycles. The Morgan fingerprint density at radius 1 is 1.21 bits per heavy atom. The SMILES string of the molecule is O=C(COc1ccc(Cl)cc1)Nc1cccc(O)c1. The Morgan fingerprint density at radius 2 is 1.95 bits per heavy atom. The number of hydrogen-bond donors (Lipinski definition) is 2. The fourth-order valence-electron chi connectivity index (χ4n) is 1.46. The van der Waals surface area contributed by atoms with Crippen LogP contribution >= 0.6 is 11.6 Å². The second-order valence-corrected chi connectivity index (χ2v) is 4.28. The zero-order valence-corrected chi connectivity index (χ0v) is 10.7. The molecule has 2 aromatic carbocycles. The van der Waals surface area contributed by atoms with Crippen LogP contribution in [0.25, 0.3) is 0 Å². The first-order valence-corrected chi connectivity index (χ1v) is 5.98. The van der Waals surface area contributed by atoms with Crippen molar-refractivity contribution in [2.45, 2.75) is 0 Å². The van der Waals surface area contributed by atoms with E-state index < -0.39 is 0 Å². The van der Waals surface area contributed by atoms with Gasteiger partial charge in [-0.05, 0) is 36.4 Å². The summed E-state index contributed by atoms with van der Waals surface area (Å²) in [6.07, 6.45) is 0. The predicted octanol–water partition coefficient (Wildman–Crippen LogP) is 3.06. The monoisotopic (exact) mass is 277 g/mol. The minimum absolute atomic E-state index is 0.0939. The Kier molecular flexibility index (Phi) is 4.26. The number of halogens is 1. The van der Waals surface area contributed by atoms with Crippen LogP contribution in [0.15, 0.2) is 48.5 Å². The summed E-state index contributed by atoms with van der Waals surface area (Å²) in [5.41, 5.74) is 0.518. The molecular weight excluding hydrogens is 266 g/mol. The first-order valence-electron chi connectivity index (χ1n) is 5.61. The van der Waals surface area contributed by atoms with Gasteiger partial charge in [0.2, 0.25) is 0 Å². The molecule has 2 rings (SSSR count). The molecule has 0 saturated heterocycles. The highest BCUT2D eigenvalue weighted by atomic mass is 35.5. The molecule has 0 spiro atoms. The maximum atomic E-state index is 11.6. The third-order valence-electron chi connectivity index (χ3n) is 2.31. The summed E-state index contributed by atoms with van der Waals surface area (Å²) in [6, 6.07) is 13.0. The van der Waals surface area contributed by atoms with Crippen molar-refractivity contribution >= 4 is 23.2 Å². The van der Waals surface area contributed by atoms with E-state index in [1.165, 1.54) is 12.1 Å². The number of hydrogen-bond acceptors (Lipinski definition) is 3. The molecule has 0 atom stereocenters. The molecular formula is C14H12ClNO3. The maximum Gasteiger partial charge on any atom is 0.262 e. The van der Waals surface area contributed by atoms with Gasteiger partial charge in [0.05, 0.1) is 0 Å². The Hall–Kier alpha value is -2.20. The first-order chi connectivity index (χ1) is 9.13. The Morgan fingerprint density at radius 3 is 2.63 bits per heavy atom. The number of rotatable bonds is 4. The smallest absolute Gasteiger partial charge is 0.262 e. The van der Waals surface area contributed by atoms with E-state index in [2.05, 4.69) is 5.32 Å². The van der Waals surface area contributed by atoms with Crippen LogP contribution in [0.2, 0.25) is 5.02 Å². The molecule has 2 N–H and O–H groups in total. The summed E-state index contributed by atoms with van der Waals surface area (Å²) in [6.45, 7) is -0.114. The maximum absolute atomic E-state index is 11.6. The molecule has 0 saturated carbocycles. The Labute approximate surface area is 115 Å². The lowest BCUT2D eigenvalue weighted by atomic mass is 10.3. The number of carbonyl (C=O) groups excluding carboxylic acids is 1. The van der Waals surface area contributed by atoms with Gasteiger partial charge in [-0.25, -0.2) is 0 Å². The summed E-state index contributed by atoms with van der Waals surface area (Å²) in [4.78, 5) is 11.6. The van der Waals surface area contributed by atoms with E-state index in [1.807, 2.05) is 0 Å². The zero-order chi connectivity index (χ0) is 13.7. The van der Waals surface area contributed by atoms with Crippen molar-refractivity contribution in [1.29, 1.82) is 0 Å². The lowest BCUT2D eigenvalue weighted by Crippen LogP contribution is -2.20. The van der Waals surface area contributed by atoms with Gasteiger partial charge in [0.15, 0.2) is 6.61 Å². The molecule has 0 fully saturated rings. The number of anilines is 1. The van der Waals surface area contributed by atoms with Crippen molar-refractivity contribution in [3.8, 4) is 11.5 Å². The minimum atomic E-state index is -0.305. The van der Waals surface area contributed by atoms with E-state index in [0.29, 0.717) is 16.5 Å². The second kappa shape index (κ2) is 6.11. The van der Waals surface area contributed by atoms with Crippen LogP contribution in [0.1, 0.15) is 0 Å². The van der Waals surface area contributed by atoms with Crippen LogP contribution in [0.4, 0.5) is 5.69 Å². The highest BCUT2D eigenvalue weighted by Crippen LogP contribution is 2.17. The third kappa shape index (κ3) is 4.19. The molecule has 0 unspecified atom stereocenters. The van der Waals surface area contributed by atoms with Gasteiger partial charge in [0.1, 0.15) is 11.5 Å². The van der Waals surface area contributed by atoms with Gasteiger partial charge in [-0.1, -0.05) is 17.7 Å². The fraction of sp³-hybridized carbons (Fsp3) is 0.0714. The second-order valence-electron chi connectivity index (χ2n) is 3.84. The van der Waals surface area contributed by atoms with E-state index in [1.54, 1.807) is 36.4 Å². The molecule has 2 aromatic rings. The quantitative estimate of drug-likeness (QED) is 0.903. The van der Waals surface area contributed by atoms with Gasteiger partial charge in [0, 0.05) is 16.8 Å². The van der Waals surface area contributed by atoms with Crippen molar-refractivity contribution in [2.75, 3.05) is 11.9 Å². The van der Waals surface area contributed by atoms with E-state index in [0.717, 1.165) is 0 Å². The highest BCUT2D eigenvalue weighted by Gasteiger charge is 2.04. The van der Waals surface area contributed by atoms with E-state index in [9.17, 15) is 9.90 Å². The number of carbonyl (C=O) groups is 1. The van der Waals surface area contributed by atoms with Gasteiger partial charge >= 0.3 is 0 Å². The molecule has 5 heteroatoms. The third-order valence-corrected chi connectivity index (χ3v) is 2.57. The molecule has 98 valence electrons. The molecule has 0 radical (unpaired) electrons. The van der Waals surface area contributed by atoms with Crippen molar-refractivity contribution in [2.24, 2.45) is 0 Å². The Bertz CT molecular complexity index is 569. The summed E-state index contributed by atoms with van der Waals surface area (Å²) < 4.78 is 5.29. The van der Waals surface area contributed by atoms with E-state index in [4.69, 9.17) is 16.3 Å². The number of ether oxygens (including phenoxy) is 1. The van der Waals surface area contributed by atoms with Crippen LogP contribution in [-0.4, -0.2) is 17.6 Å². The largest absolute Gasteiger partial charge is 0.508 e. The average Bonchev–Trinajstić information content (AvgIpc) is 2.38. The van der Waals surface area contributed by atoms with Crippen molar-refractivity contribution in [1.82, 2.24) is 0 Å². The normalized spacial score (nSPS) is 9.95. The number of nitrogens with one attached hydrogen (secondary N) is 1. The van der Waals surface area contributed by atoms with Crippen molar-refractivity contribution in [3.63, 3.8) is 0 Å². The van der Waals surface area contributed by atoms with Gasteiger partial charge in [-0.2, -0.15) is 0 Å². The number of amides is 1. The van der Waals surface area contributed by atoms with Crippen LogP contribution in [-0.2, 0) is 4.79 Å². The zero-order valence-electron chi connectivity index (χ0n) is 9.97. The van der Waals surface area contributed by atoms with Gasteiger partial charge in [-0.3, -0.25) is 4.79 Å². The summed E-state index contributed by atoms with van der Waals surface area (Å²) in [5, 5.41) is 12.5. The van der Waals surface area contributed by atoms with Crippen LogP contribution in [0.3, 0.4) is 0 Å². The van der Waals surface area contributed by atoms with Gasteiger partial charge in [0.25, 0.3) is 5.91 Å². The summed E-state index contributed by atoms with van der Waals surface area (Å²) in [5.74, 6) is 0.354. The van der Waals surface area contributed by atoms with Crippen LogP contribution in [0, 0.1) is 0 Å². The molecule has 19 heavy (non-hydrogen) atoms. The minimum Gasteiger partial charge on any atom is -0.508 e. The standard InChI is InChI=1S/C14H12ClNO3/c15-10-4-6-13(7-5-10)19-9-14(18)16-11-2-1-3-12(17)8-11/h1-8,17H,9H2,(H,16,18). The number of phenolic OH excluding ortho intramolecular Hbond substituents is 1. The van der Waals surface area contributed by atoms with Crippen molar-refractivity contribution in [3.05, 3.63) is 53.6 Å². The number of benzene rings is 2. The first kappa shape index (κ1) is 13.2. The lowest BCUT2D eigenvalue weighted by Gasteiger charge is -2.07.